The summed E-state index contributed by atoms with van der Waals surface area (Å²) in [7, 11) is 0. The first kappa shape index (κ1) is 22.7. The number of rotatable bonds is 5. The van der Waals surface area contributed by atoms with E-state index < -0.39 is 0 Å². The number of hydrogen-bond donors (Lipinski definition) is 1. The Kier molecular flexibility index (Phi) is 6.93. The summed E-state index contributed by atoms with van der Waals surface area (Å²) >= 11 is 0. The van der Waals surface area contributed by atoms with Crippen LogP contribution in [0, 0.1) is 33.1 Å². The maximum absolute atomic E-state index is 13.6. The van der Waals surface area contributed by atoms with Crippen molar-refractivity contribution in [2.75, 3.05) is 0 Å². The van der Waals surface area contributed by atoms with E-state index in [2.05, 4.69) is 33.1 Å². The zero-order valence-corrected chi connectivity index (χ0v) is 19.0. The Morgan fingerprint density at radius 3 is 2.07 bits per heavy atom. The first-order valence-electron chi connectivity index (χ1n) is 10.2. The molecule has 29 heavy (non-hydrogen) atoms. The Morgan fingerprint density at radius 1 is 1.03 bits per heavy atom. The van der Waals surface area contributed by atoms with Gasteiger partial charge < -0.3 is 4.42 Å². The third-order valence-electron chi connectivity index (χ3n) is 5.07. The number of carbonyl (C=O) groups is 2. The molecule has 1 aromatic heterocycles. The second kappa shape index (κ2) is 8.85. The molecule has 0 aliphatic heterocycles. The average Bonchev–Trinajstić information content (AvgIpc) is 2.93. The molecule has 5 nitrogen and oxygen atoms in total. The Morgan fingerprint density at radius 2 is 1.62 bits per heavy atom. The molecule has 1 aromatic carbocycles. The number of nitrogens with one attached hydrogen (secondary N) is 1. The second-order valence-corrected chi connectivity index (χ2v) is 8.99. The van der Waals surface area contributed by atoms with Crippen molar-refractivity contribution in [3.05, 3.63) is 58.0 Å². The lowest BCUT2D eigenvalue weighted by molar-refractivity contribution is 0.0270. The van der Waals surface area contributed by atoms with Gasteiger partial charge >= 0.3 is 0 Å². The van der Waals surface area contributed by atoms with Crippen LogP contribution >= 0.6 is 0 Å². The highest BCUT2D eigenvalue weighted by Gasteiger charge is 2.35. The topological polar surface area (TPSA) is 62.6 Å². The molecule has 0 saturated carbocycles. The van der Waals surface area contributed by atoms with Crippen molar-refractivity contribution in [3.63, 3.8) is 0 Å². The highest BCUT2D eigenvalue weighted by molar-refractivity contribution is 6.00. The van der Waals surface area contributed by atoms with Crippen LogP contribution in [0.2, 0.25) is 0 Å². The van der Waals surface area contributed by atoms with E-state index in [0.29, 0.717) is 22.6 Å². The molecule has 0 aliphatic rings. The van der Waals surface area contributed by atoms with Crippen LogP contribution in [-0.2, 0) is 0 Å². The van der Waals surface area contributed by atoms with Crippen molar-refractivity contribution in [2.45, 2.75) is 74.3 Å². The summed E-state index contributed by atoms with van der Waals surface area (Å²) < 4.78 is 5.50. The van der Waals surface area contributed by atoms with Crippen molar-refractivity contribution in [1.29, 1.82) is 0 Å². The highest BCUT2D eigenvalue weighted by atomic mass is 16.3. The van der Waals surface area contributed by atoms with Gasteiger partial charge in [0.1, 0.15) is 11.5 Å². The maximum atomic E-state index is 13.6. The molecule has 2 aromatic rings. The molecule has 1 unspecified atom stereocenters. The van der Waals surface area contributed by atoms with Gasteiger partial charge in [0.25, 0.3) is 11.8 Å². The van der Waals surface area contributed by atoms with E-state index in [0.717, 1.165) is 24.0 Å². The van der Waals surface area contributed by atoms with Crippen molar-refractivity contribution in [1.82, 2.24) is 10.4 Å². The molecule has 1 atom stereocenters. The standard InChI is InChI=1S/C24H34N2O3/c1-9-10-21(24(6,7)8)26(23(28)19-12-15(2)11-16(3)13-19)25-22(27)20-14-17(4)29-18(20)5/h11-14,21H,9-10H2,1-8H3,(H,25,27). The molecule has 5 heteroatoms. The molecular formula is C24H34N2O3. The molecule has 0 fully saturated rings. The lowest BCUT2D eigenvalue weighted by atomic mass is 9.83. The Balaban J connectivity index is 2.48. The number of amides is 2. The summed E-state index contributed by atoms with van der Waals surface area (Å²) in [6.45, 7) is 15.9. The predicted octanol–water partition coefficient (Wildman–Crippen LogP) is 5.52. The summed E-state index contributed by atoms with van der Waals surface area (Å²) in [5, 5.41) is 1.53. The van der Waals surface area contributed by atoms with E-state index in [4.69, 9.17) is 4.42 Å². The van der Waals surface area contributed by atoms with Gasteiger partial charge in [-0.3, -0.25) is 15.0 Å². The highest BCUT2D eigenvalue weighted by Crippen LogP contribution is 2.29. The molecule has 158 valence electrons. The van der Waals surface area contributed by atoms with Gasteiger partial charge in [0.05, 0.1) is 11.6 Å². The summed E-state index contributed by atoms with van der Waals surface area (Å²) in [6.07, 6.45) is 1.68. The molecule has 1 N–H and O–H groups in total. The summed E-state index contributed by atoms with van der Waals surface area (Å²) in [4.78, 5) is 26.6. The molecule has 0 bridgehead atoms. The number of furan rings is 1. The average molecular weight is 399 g/mol. The maximum Gasteiger partial charge on any atom is 0.273 e. The lowest BCUT2D eigenvalue weighted by Gasteiger charge is -2.40. The SMILES string of the molecule is CCCC(N(NC(=O)c1cc(C)oc1C)C(=O)c1cc(C)cc(C)c1)C(C)(C)C. The third kappa shape index (κ3) is 5.49. The minimum absolute atomic E-state index is 0.155. The largest absolute Gasteiger partial charge is 0.466 e. The zero-order valence-electron chi connectivity index (χ0n) is 19.0. The van der Waals surface area contributed by atoms with Crippen LogP contribution in [0.1, 0.15) is 83.9 Å². The van der Waals surface area contributed by atoms with E-state index in [1.54, 1.807) is 19.9 Å². The molecule has 1 heterocycles. The van der Waals surface area contributed by atoms with Crippen LogP contribution < -0.4 is 5.43 Å². The minimum atomic E-state index is -0.331. The first-order chi connectivity index (χ1) is 13.4. The van der Waals surface area contributed by atoms with E-state index in [1.165, 1.54) is 5.01 Å². The monoisotopic (exact) mass is 398 g/mol. The molecule has 0 aliphatic carbocycles. The molecule has 0 saturated heterocycles. The predicted molar refractivity (Wildman–Crippen MR) is 116 cm³/mol. The summed E-state index contributed by atoms with van der Waals surface area (Å²) in [6, 6.07) is 7.32. The van der Waals surface area contributed by atoms with Gasteiger partial charge in [0.15, 0.2) is 0 Å². The number of benzene rings is 1. The molecule has 2 rings (SSSR count). The fraction of sp³-hybridized carbons (Fsp3) is 0.500. The lowest BCUT2D eigenvalue weighted by Crippen LogP contribution is -2.56. The minimum Gasteiger partial charge on any atom is -0.466 e. The number of nitrogens with zero attached hydrogens (tertiary/aromatic N) is 1. The smallest absolute Gasteiger partial charge is 0.273 e. The number of carbonyl (C=O) groups excluding carboxylic acids is 2. The number of hydrazine groups is 1. The Hall–Kier alpha value is -2.56. The fourth-order valence-corrected chi connectivity index (χ4v) is 3.76. The van der Waals surface area contributed by atoms with Crippen LogP contribution in [-0.4, -0.2) is 22.9 Å². The van der Waals surface area contributed by atoms with Gasteiger partial charge in [-0.2, -0.15) is 0 Å². The summed E-state index contributed by atoms with van der Waals surface area (Å²) in [5.41, 5.74) is 5.75. The van der Waals surface area contributed by atoms with Crippen LogP contribution in [0.15, 0.2) is 28.7 Å². The molecular weight excluding hydrogens is 364 g/mol. The molecule has 0 radical (unpaired) electrons. The van der Waals surface area contributed by atoms with E-state index >= 15 is 0 Å². The van der Waals surface area contributed by atoms with Gasteiger partial charge in [-0.15, -0.1) is 0 Å². The Labute approximate surface area is 174 Å². The van der Waals surface area contributed by atoms with Crippen LogP contribution in [0.3, 0.4) is 0 Å². The third-order valence-corrected chi connectivity index (χ3v) is 5.07. The van der Waals surface area contributed by atoms with Gasteiger partial charge in [-0.05, 0) is 57.7 Å². The number of aryl methyl sites for hydroxylation is 4. The van der Waals surface area contributed by atoms with E-state index in [1.807, 2.05) is 32.0 Å². The van der Waals surface area contributed by atoms with Gasteiger partial charge in [0, 0.05) is 5.56 Å². The zero-order chi connectivity index (χ0) is 21.9. The van der Waals surface area contributed by atoms with Crippen molar-refractivity contribution >= 4 is 11.8 Å². The van der Waals surface area contributed by atoms with Crippen molar-refractivity contribution in [3.8, 4) is 0 Å². The number of hydrogen-bond acceptors (Lipinski definition) is 3. The van der Waals surface area contributed by atoms with Crippen LogP contribution in [0.25, 0.3) is 0 Å². The van der Waals surface area contributed by atoms with Gasteiger partial charge in [-0.25, -0.2) is 5.01 Å². The molecule has 0 spiro atoms. The van der Waals surface area contributed by atoms with Crippen LogP contribution in [0.4, 0.5) is 0 Å². The Bertz CT molecular complexity index is 870. The van der Waals surface area contributed by atoms with E-state index in [9.17, 15) is 9.59 Å². The van der Waals surface area contributed by atoms with Gasteiger partial charge in [-0.1, -0.05) is 51.3 Å². The normalized spacial score (nSPS) is 12.6. The summed E-state index contributed by atoms with van der Waals surface area (Å²) in [5.74, 6) is 0.682. The van der Waals surface area contributed by atoms with Crippen LogP contribution in [0.5, 0.6) is 0 Å². The quantitative estimate of drug-likeness (QED) is 0.675. The second-order valence-electron chi connectivity index (χ2n) is 8.99. The van der Waals surface area contributed by atoms with E-state index in [-0.39, 0.29) is 23.3 Å². The first-order valence-corrected chi connectivity index (χ1v) is 10.2. The fourth-order valence-electron chi connectivity index (χ4n) is 3.76. The van der Waals surface area contributed by atoms with Crippen molar-refractivity contribution < 1.29 is 14.0 Å². The molecule has 2 amide bonds. The van der Waals surface area contributed by atoms with Crippen molar-refractivity contribution in [2.24, 2.45) is 5.41 Å². The van der Waals surface area contributed by atoms with Gasteiger partial charge in [0.2, 0.25) is 0 Å².